The van der Waals surface area contributed by atoms with Crippen LogP contribution in [0.15, 0.2) is 58.5 Å². The lowest BCUT2D eigenvalue weighted by Gasteiger charge is -2.14. The minimum absolute atomic E-state index is 0.168. The predicted octanol–water partition coefficient (Wildman–Crippen LogP) is 2.00. The Labute approximate surface area is 139 Å². The average molecular weight is 348 g/mol. The molecule has 126 valence electrons. The van der Waals surface area contributed by atoms with Crippen molar-refractivity contribution in [3.05, 3.63) is 54.1 Å². The number of nitrogens with two attached hydrogens (primary N) is 1. The lowest BCUT2D eigenvalue weighted by Crippen LogP contribution is -2.14. The van der Waals surface area contributed by atoms with Gasteiger partial charge in [0.2, 0.25) is 0 Å². The predicted molar refractivity (Wildman–Crippen MR) is 89.1 cm³/mol. The van der Waals surface area contributed by atoms with Gasteiger partial charge in [-0.25, -0.2) is 8.42 Å². The first-order valence-electron chi connectivity index (χ1n) is 6.86. The summed E-state index contributed by atoms with van der Waals surface area (Å²) in [6, 6.07) is 12.4. The Balaban J connectivity index is 2.35. The maximum absolute atomic E-state index is 11.5. The summed E-state index contributed by atoms with van der Waals surface area (Å²) >= 11 is 0. The average Bonchev–Trinajstić information content (AvgIpc) is 2.53. The fourth-order valence-corrected chi connectivity index (χ4v) is 2.71. The summed E-state index contributed by atoms with van der Waals surface area (Å²) in [7, 11) is -3.30. The van der Waals surface area contributed by atoms with E-state index in [9.17, 15) is 18.3 Å². The van der Waals surface area contributed by atoms with Crippen LogP contribution in [0.5, 0.6) is 11.5 Å². The van der Waals surface area contributed by atoms with Gasteiger partial charge in [-0.2, -0.15) is 5.10 Å². The summed E-state index contributed by atoms with van der Waals surface area (Å²) in [5.41, 5.74) is 0.381. The van der Waals surface area contributed by atoms with E-state index in [-0.39, 0.29) is 4.90 Å². The molecule has 0 radical (unpaired) electrons. The highest BCUT2D eigenvalue weighted by atomic mass is 32.2. The summed E-state index contributed by atoms with van der Waals surface area (Å²) in [4.78, 5) is 11.5. The summed E-state index contributed by atoms with van der Waals surface area (Å²) in [5.74, 6) is 3.60. The second-order valence-corrected chi connectivity index (χ2v) is 7.01. The summed E-state index contributed by atoms with van der Waals surface area (Å²) < 4.78 is 28.6. The number of hydrogen-bond donors (Lipinski definition) is 2. The molecule has 0 saturated heterocycles. The van der Waals surface area contributed by atoms with E-state index in [1.807, 2.05) is 0 Å². The van der Waals surface area contributed by atoms with E-state index in [0.29, 0.717) is 17.1 Å². The monoisotopic (exact) mass is 348 g/mol. The number of carbonyl (C=O) groups is 1. The number of ether oxygens (including phenoxy) is 1. The number of rotatable bonds is 6. The molecule has 1 atom stereocenters. The van der Waals surface area contributed by atoms with Crippen LogP contribution >= 0.6 is 0 Å². The molecule has 0 heterocycles. The zero-order chi connectivity index (χ0) is 17.7. The number of benzene rings is 2. The van der Waals surface area contributed by atoms with Crippen LogP contribution in [0.2, 0.25) is 0 Å². The normalized spacial score (nSPS) is 12.9. The molecule has 0 spiro atoms. The Morgan fingerprint density at radius 1 is 1.21 bits per heavy atom. The highest BCUT2D eigenvalue weighted by Crippen LogP contribution is 2.30. The Morgan fingerprint density at radius 2 is 1.83 bits per heavy atom. The van der Waals surface area contributed by atoms with Crippen molar-refractivity contribution in [2.24, 2.45) is 10.9 Å². The van der Waals surface area contributed by atoms with Gasteiger partial charge >= 0.3 is 5.97 Å². The largest absolute Gasteiger partial charge is 0.481 e. The number of carboxylic acid groups (broad SMARTS) is 1. The molecular weight excluding hydrogens is 332 g/mol. The zero-order valence-electron chi connectivity index (χ0n) is 12.8. The van der Waals surface area contributed by atoms with Gasteiger partial charge in [0.25, 0.3) is 0 Å². The van der Waals surface area contributed by atoms with Gasteiger partial charge in [0.05, 0.1) is 4.90 Å². The molecule has 0 fully saturated rings. The zero-order valence-corrected chi connectivity index (χ0v) is 13.6. The topological polar surface area (TPSA) is 119 Å². The van der Waals surface area contributed by atoms with Crippen LogP contribution in [0, 0.1) is 0 Å². The molecule has 0 aromatic heterocycles. The first-order chi connectivity index (χ1) is 11.3. The van der Waals surface area contributed by atoms with Crippen molar-refractivity contribution in [1.82, 2.24) is 0 Å². The van der Waals surface area contributed by atoms with E-state index in [0.717, 1.165) is 12.5 Å². The second-order valence-electron chi connectivity index (χ2n) is 5.00. The van der Waals surface area contributed by atoms with Crippen molar-refractivity contribution < 1.29 is 23.1 Å². The molecule has 2 rings (SSSR count). The molecule has 1 unspecified atom stereocenters. The molecular formula is C16H16N2O5S. The minimum atomic E-state index is -3.30. The Kier molecular flexibility index (Phi) is 5.20. The fraction of sp³-hybridized carbons (Fsp3) is 0.125. The number of para-hydroxylation sites is 1. The third-order valence-corrected chi connectivity index (χ3v) is 4.36. The molecule has 7 nitrogen and oxygen atoms in total. The third-order valence-electron chi connectivity index (χ3n) is 3.23. The van der Waals surface area contributed by atoms with Gasteiger partial charge in [-0.1, -0.05) is 18.2 Å². The third kappa shape index (κ3) is 4.11. The number of nitrogens with zero attached hydrogens (tertiary/aromatic N) is 1. The van der Waals surface area contributed by atoms with E-state index in [1.165, 1.54) is 24.3 Å². The van der Waals surface area contributed by atoms with Crippen LogP contribution in [0.3, 0.4) is 0 Å². The maximum atomic E-state index is 11.5. The molecule has 0 aliphatic rings. The second kappa shape index (κ2) is 7.14. The van der Waals surface area contributed by atoms with E-state index in [1.54, 1.807) is 24.3 Å². The lowest BCUT2D eigenvalue weighted by atomic mass is 9.99. The van der Waals surface area contributed by atoms with Gasteiger partial charge in [-0.15, -0.1) is 0 Å². The molecule has 0 aliphatic carbocycles. The standard InChI is InChI=1S/C16H16N2O5S/c1-24(21,22)12-8-6-11(7-9-12)23-15-5-3-2-4-13(15)14(10-18-17)16(19)20/h2-10,14H,17H2,1H3,(H,19,20)/b18-10+. The summed E-state index contributed by atoms with van der Waals surface area (Å²) in [6.45, 7) is 0. The highest BCUT2D eigenvalue weighted by molar-refractivity contribution is 7.90. The first kappa shape index (κ1) is 17.5. The highest BCUT2D eigenvalue weighted by Gasteiger charge is 2.22. The molecule has 0 saturated carbocycles. The fourth-order valence-electron chi connectivity index (χ4n) is 2.08. The Bertz CT molecular complexity index is 860. The van der Waals surface area contributed by atoms with E-state index in [4.69, 9.17) is 10.6 Å². The SMILES string of the molecule is CS(=O)(=O)c1ccc(Oc2ccccc2C(/C=N/N)C(=O)O)cc1. The maximum Gasteiger partial charge on any atom is 0.316 e. The number of sulfone groups is 1. The Hall–Kier alpha value is -2.87. The van der Waals surface area contributed by atoms with Gasteiger partial charge in [-0.05, 0) is 30.3 Å². The molecule has 0 amide bonds. The summed E-state index contributed by atoms with van der Waals surface area (Å²) in [6.07, 6.45) is 2.22. The van der Waals surface area contributed by atoms with Gasteiger partial charge in [0.1, 0.15) is 17.4 Å². The van der Waals surface area contributed by atoms with Gasteiger partial charge in [-0.3, -0.25) is 4.79 Å². The van der Waals surface area contributed by atoms with Crippen LogP contribution < -0.4 is 10.6 Å². The van der Waals surface area contributed by atoms with Crippen molar-refractivity contribution in [3.8, 4) is 11.5 Å². The molecule has 3 N–H and O–H groups in total. The van der Waals surface area contributed by atoms with E-state index >= 15 is 0 Å². The van der Waals surface area contributed by atoms with Gasteiger partial charge in [0.15, 0.2) is 9.84 Å². The van der Waals surface area contributed by atoms with Crippen LogP contribution in [0.25, 0.3) is 0 Å². The summed E-state index contributed by atoms with van der Waals surface area (Å²) in [5, 5.41) is 12.6. The van der Waals surface area contributed by atoms with Crippen molar-refractivity contribution in [3.63, 3.8) is 0 Å². The van der Waals surface area contributed by atoms with Crippen LogP contribution in [-0.2, 0) is 14.6 Å². The number of carboxylic acids is 1. The van der Waals surface area contributed by atoms with E-state index in [2.05, 4.69) is 5.10 Å². The molecule has 2 aromatic carbocycles. The molecule has 8 heteroatoms. The smallest absolute Gasteiger partial charge is 0.316 e. The number of hydrazone groups is 1. The van der Waals surface area contributed by atoms with Crippen LogP contribution in [0.1, 0.15) is 11.5 Å². The number of aliphatic carboxylic acids is 1. The van der Waals surface area contributed by atoms with Crippen LogP contribution in [0.4, 0.5) is 0 Å². The van der Waals surface area contributed by atoms with Crippen molar-refractivity contribution in [1.29, 1.82) is 0 Å². The van der Waals surface area contributed by atoms with Crippen molar-refractivity contribution in [2.45, 2.75) is 10.8 Å². The molecule has 2 aromatic rings. The molecule has 0 aliphatic heterocycles. The van der Waals surface area contributed by atoms with Gasteiger partial charge < -0.3 is 15.7 Å². The van der Waals surface area contributed by atoms with Crippen molar-refractivity contribution >= 4 is 22.0 Å². The number of hydrogen-bond acceptors (Lipinski definition) is 6. The van der Waals surface area contributed by atoms with Crippen LogP contribution in [-0.4, -0.2) is 32.0 Å². The Morgan fingerprint density at radius 3 is 2.38 bits per heavy atom. The molecule has 0 bridgehead atoms. The first-order valence-corrected chi connectivity index (χ1v) is 8.75. The quantitative estimate of drug-likeness (QED) is 0.468. The minimum Gasteiger partial charge on any atom is -0.481 e. The molecule has 24 heavy (non-hydrogen) atoms. The van der Waals surface area contributed by atoms with Gasteiger partial charge in [0, 0.05) is 18.0 Å². The van der Waals surface area contributed by atoms with Crippen molar-refractivity contribution in [2.75, 3.05) is 6.26 Å². The van der Waals surface area contributed by atoms with E-state index < -0.39 is 21.7 Å². The lowest BCUT2D eigenvalue weighted by molar-refractivity contribution is -0.137.